The Labute approximate surface area is 81.1 Å². The molecule has 0 saturated heterocycles. The van der Waals surface area contributed by atoms with Crippen LogP contribution >= 0.6 is 0 Å². The van der Waals surface area contributed by atoms with Crippen molar-refractivity contribution in [3.63, 3.8) is 0 Å². The maximum absolute atomic E-state index is 11.5. The molecule has 0 amide bonds. The van der Waals surface area contributed by atoms with Crippen molar-refractivity contribution >= 4 is 0 Å². The first-order valence-electron chi connectivity index (χ1n) is 4.36. The van der Waals surface area contributed by atoms with Crippen LogP contribution in [-0.2, 0) is 14.2 Å². The number of hydrogen-bond donors (Lipinski definition) is 0. The average molecular weight is 216 g/mol. The van der Waals surface area contributed by atoms with Crippen LogP contribution in [0.5, 0.6) is 0 Å². The Balaban J connectivity index is 2.99. The van der Waals surface area contributed by atoms with E-state index in [-0.39, 0.29) is 13.2 Å². The van der Waals surface area contributed by atoms with Crippen molar-refractivity contribution in [2.75, 3.05) is 39.6 Å². The predicted octanol–water partition coefficient (Wildman–Crippen LogP) is 1.62. The molecule has 0 saturated carbocycles. The summed E-state index contributed by atoms with van der Waals surface area (Å²) in [4.78, 5) is 0. The highest BCUT2D eigenvalue weighted by Gasteiger charge is 2.27. The minimum absolute atomic E-state index is 0.0500. The Morgan fingerprint density at radius 3 is 1.86 bits per heavy atom. The van der Waals surface area contributed by atoms with Crippen LogP contribution in [0.1, 0.15) is 6.92 Å². The Hall–Kier alpha value is -0.330. The molecule has 0 aliphatic rings. The summed E-state index contributed by atoms with van der Waals surface area (Å²) in [7, 11) is 0. The molecule has 0 aromatic carbocycles. The minimum atomic E-state index is -4.26. The van der Waals surface area contributed by atoms with Gasteiger partial charge in [-0.3, -0.25) is 0 Å². The van der Waals surface area contributed by atoms with E-state index in [9.17, 15) is 13.2 Å². The Bertz CT molecular complexity index is 127. The van der Waals surface area contributed by atoms with Gasteiger partial charge in [-0.1, -0.05) is 0 Å². The number of alkyl halides is 3. The van der Waals surface area contributed by atoms with Crippen molar-refractivity contribution < 1.29 is 27.4 Å². The molecule has 6 heteroatoms. The van der Waals surface area contributed by atoms with Crippen LogP contribution in [0.2, 0.25) is 0 Å². The van der Waals surface area contributed by atoms with Crippen LogP contribution in [-0.4, -0.2) is 45.8 Å². The highest BCUT2D eigenvalue weighted by Crippen LogP contribution is 2.13. The molecule has 0 atom stereocenters. The highest BCUT2D eigenvalue weighted by atomic mass is 19.4. The van der Waals surface area contributed by atoms with E-state index < -0.39 is 12.8 Å². The van der Waals surface area contributed by atoms with E-state index in [0.717, 1.165) is 0 Å². The average Bonchev–Trinajstić information content (AvgIpc) is 2.08. The lowest BCUT2D eigenvalue weighted by atomic mass is 10.7. The van der Waals surface area contributed by atoms with Crippen molar-refractivity contribution in [2.24, 2.45) is 0 Å². The molecule has 0 heterocycles. The monoisotopic (exact) mass is 216 g/mol. The molecule has 0 aliphatic carbocycles. The van der Waals surface area contributed by atoms with Gasteiger partial charge in [0.2, 0.25) is 0 Å². The quantitative estimate of drug-likeness (QED) is 0.577. The third-order valence-corrected chi connectivity index (χ3v) is 1.21. The third-order valence-electron chi connectivity index (χ3n) is 1.21. The van der Waals surface area contributed by atoms with Gasteiger partial charge < -0.3 is 14.2 Å². The zero-order chi connectivity index (χ0) is 10.9. The van der Waals surface area contributed by atoms with Gasteiger partial charge >= 0.3 is 6.18 Å². The van der Waals surface area contributed by atoms with Crippen molar-refractivity contribution in [1.82, 2.24) is 0 Å². The SMILES string of the molecule is CCOCCOCCOCC(F)(F)F. The maximum atomic E-state index is 11.5. The van der Waals surface area contributed by atoms with Crippen LogP contribution in [0.4, 0.5) is 13.2 Å². The second-order valence-electron chi connectivity index (χ2n) is 2.48. The molecule has 0 radical (unpaired) electrons. The van der Waals surface area contributed by atoms with E-state index >= 15 is 0 Å². The van der Waals surface area contributed by atoms with Crippen LogP contribution in [0.15, 0.2) is 0 Å². The Morgan fingerprint density at radius 2 is 1.36 bits per heavy atom. The van der Waals surface area contributed by atoms with E-state index in [1.165, 1.54) is 0 Å². The zero-order valence-corrected chi connectivity index (χ0v) is 8.10. The fraction of sp³-hybridized carbons (Fsp3) is 1.00. The summed E-state index contributed by atoms with van der Waals surface area (Å²) >= 11 is 0. The molecule has 0 rings (SSSR count). The number of hydrogen-bond acceptors (Lipinski definition) is 3. The summed E-state index contributed by atoms with van der Waals surface area (Å²) in [6, 6.07) is 0. The molecule has 0 unspecified atom stereocenters. The summed E-state index contributed by atoms with van der Waals surface area (Å²) in [5.74, 6) is 0. The molecule has 0 aromatic rings. The fourth-order valence-corrected chi connectivity index (χ4v) is 0.670. The Kier molecular flexibility index (Phi) is 7.83. The van der Waals surface area contributed by atoms with Gasteiger partial charge in [-0.05, 0) is 6.92 Å². The second kappa shape index (κ2) is 8.02. The van der Waals surface area contributed by atoms with Crippen molar-refractivity contribution in [3.05, 3.63) is 0 Å². The fourth-order valence-electron chi connectivity index (χ4n) is 0.670. The van der Waals surface area contributed by atoms with Crippen molar-refractivity contribution in [2.45, 2.75) is 13.1 Å². The smallest absolute Gasteiger partial charge is 0.379 e. The highest BCUT2D eigenvalue weighted by molar-refractivity contribution is 4.44. The molecule has 3 nitrogen and oxygen atoms in total. The van der Waals surface area contributed by atoms with Crippen molar-refractivity contribution in [1.29, 1.82) is 0 Å². The first-order chi connectivity index (χ1) is 6.56. The Morgan fingerprint density at radius 1 is 0.857 bits per heavy atom. The maximum Gasteiger partial charge on any atom is 0.411 e. The molecule has 0 bridgehead atoms. The summed E-state index contributed by atoms with van der Waals surface area (Å²) in [5, 5.41) is 0. The van der Waals surface area contributed by atoms with Gasteiger partial charge in [-0.2, -0.15) is 13.2 Å². The first-order valence-corrected chi connectivity index (χ1v) is 4.36. The molecule has 86 valence electrons. The van der Waals surface area contributed by atoms with Gasteiger partial charge in [-0.25, -0.2) is 0 Å². The number of ether oxygens (including phenoxy) is 3. The molecule has 0 fully saturated rings. The van der Waals surface area contributed by atoms with E-state index in [4.69, 9.17) is 9.47 Å². The summed E-state index contributed by atoms with van der Waals surface area (Å²) in [5.41, 5.74) is 0. The van der Waals surface area contributed by atoms with Crippen LogP contribution in [0.25, 0.3) is 0 Å². The molecule has 0 spiro atoms. The summed E-state index contributed by atoms with van der Waals surface area (Å²) in [6.45, 7) is 2.18. The molecule has 14 heavy (non-hydrogen) atoms. The van der Waals surface area contributed by atoms with E-state index in [1.54, 1.807) is 0 Å². The van der Waals surface area contributed by atoms with Gasteiger partial charge in [0, 0.05) is 6.61 Å². The molecule has 0 aliphatic heterocycles. The molecule has 0 aromatic heterocycles. The van der Waals surface area contributed by atoms with Crippen LogP contribution < -0.4 is 0 Å². The number of rotatable bonds is 8. The van der Waals surface area contributed by atoms with E-state index in [1.807, 2.05) is 6.92 Å². The van der Waals surface area contributed by atoms with Gasteiger partial charge in [0.15, 0.2) is 0 Å². The first kappa shape index (κ1) is 13.7. The van der Waals surface area contributed by atoms with Gasteiger partial charge in [-0.15, -0.1) is 0 Å². The lowest BCUT2D eigenvalue weighted by molar-refractivity contribution is -0.176. The normalized spacial score (nSPS) is 12.0. The number of halogens is 3. The largest absolute Gasteiger partial charge is 0.411 e. The lowest BCUT2D eigenvalue weighted by Crippen LogP contribution is -2.19. The predicted molar refractivity (Wildman–Crippen MR) is 44.2 cm³/mol. The van der Waals surface area contributed by atoms with Gasteiger partial charge in [0.25, 0.3) is 0 Å². The summed E-state index contributed by atoms with van der Waals surface area (Å²) in [6.07, 6.45) is -4.26. The van der Waals surface area contributed by atoms with E-state index in [2.05, 4.69) is 4.74 Å². The van der Waals surface area contributed by atoms with Gasteiger partial charge in [0.05, 0.1) is 26.4 Å². The van der Waals surface area contributed by atoms with Crippen molar-refractivity contribution in [3.8, 4) is 0 Å². The second-order valence-corrected chi connectivity index (χ2v) is 2.48. The van der Waals surface area contributed by atoms with E-state index in [0.29, 0.717) is 19.8 Å². The summed E-state index contributed by atoms with van der Waals surface area (Å²) < 4.78 is 48.8. The lowest BCUT2D eigenvalue weighted by Gasteiger charge is -2.07. The standard InChI is InChI=1S/C8H15F3O3/c1-2-12-3-4-13-5-6-14-7-8(9,10)11/h2-7H2,1H3. The molecule has 0 N–H and O–H groups in total. The van der Waals surface area contributed by atoms with Crippen LogP contribution in [0, 0.1) is 0 Å². The zero-order valence-electron chi connectivity index (χ0n) is 8.10. The van der Waals surface area contributed by atoms with Crippen LogP contribution in [0.3, 0.4) is 0 Å². The molecular weight excluding hydrogens is 201 g/mol. The minimum Gasteiger partial charge on any atom is -0.379 e. The van der Waals surface area contributed by atoms with Gasteiger partial charge in [0.1, 0.15) is 6.61 Å². The third kappa shape index (κ3) is 11.7. The topological polar surface area (TPSA) is 27.7 Å². The molecular formula is C8H15F3O3.